The second kappa shape index (κ2) is 4.43. The van der Waals surface area contributed by atoms with Crippen LogP contribution in [0.2, 0.25) is 0 Å². The maximum absolute atomic E-state index is 12.9. The number of sulfone groups is 1. The number of hydrogen-bond donors (Lipinski definition) is 0. The summed E-state index contributed by atoms with van der Waals surface area (Å²) < 4.78 is 25.8. The molecule has 1 aliphatic heterocycles. The van der Waals surface area contributed by atoms with E-state index in [1.807, 2.05) is 67.6 Å². The van der Waals surface area contributed by atoms with Crippen molar-refractivity contribution in [3.8, 4) is 11.1 Å². The summed E-state index contributed by atoms with van der Waals surface area (Å²) in [6.07, 6.45) is 6.37. The first-order chi connectivity index (χ1) is 10.5. The van der Waals surface area contributed by atoms with Gasteiger partial charge >= 0.3 is 0 Å². The first kappa shape index (κ1) is 13.5. The fourth-order valence-electron chi connectivity index (χ4n) is 3.50. The summed E-state index contributed by atoms with van der Waals surface area (Å²) in [5, 5.41) is 0. The van der Waals surface area contributed by atoms with Crippen molar-refractivity contribution in [3.63, 3.8) is 0 Å². The Morgan fingerprint density at radius 1 is 1.00 bits per heavy atom. The predicted octanol–water partition coefficient (Wildman–Crippen LogP) is 4.24. The summed E-state index contributed by atoms with van der Waals surface area (Å²) in [7, 11) is -3.39. The van der Waals surface area contributed by atoms with Gasteiger partial charge in [-0.1, -0.05) is 61.5 Å². The topological polar surface area (TPSA) is 34.1 Å². The third-order valence-corrected chi connectivity index (χ3v) is 6.80. The second-order valence-electron chi connectivity index (χ2n) is 6.08. The van der Waals surface area contributed by atoms with Gasteiger partial charge in [-0.3, -0.25) is 0 Å². The van der Waals surface area contributed by atoms with Crippen molar-refractivity contribution in [3.05, 3.63) is 77.2 Å². The maximum Gasteiger partial charge on any atom is 0.203 e. The molecule has 0 saturated carbocycles. The van der Waals surface area contributed by atoms with Crippen LogP contribution >= 0.6 is 0 Å². The molecule has 4 rings (SSSR count). The molecule has 2 aromatic carbocycles. The molecule has 1 unspecified atom stereocenters. The molecule has 110 valence electrons. The van der Waals surface area contributed by atoms with Crippen molar-refractivity contribution in [2.24, 2.45) is 0 Å². The summed E-state index contributed by atoms with van der Waals surface area (Å²) >= 11 is 0. The van der Waals surface area contributed by atoms with Crippen LogP contribution in [0.15, 0.2) is 76.6 Å². The highest BCUT2D eigenvalue weighted by atomic mass is 32.2. The first-order valence-electron chi connectivity index (χ1n) is 7.36. The lowest BCUT2D eigenvalue weighted by Gasteiger charge is -2.26. The minimum Gasteiger partial charge on any atom is -0.219 e. The Bertz CT molecular complexity index is 921. The largest absolute Gasteiger partial charge is 0.219 e. The molecule has 2 nitrogen and oxygen atoms in total. The zero-order chi connectivity index (χ0) is 15.4. The van der Waals surface area contributed by atoms with Crippen LogP contribution in [-0.4, -0.2) is 8.42 Å². The van der Waals surface area contributed by atoms with E-state index in [0.717, 1.165) is 23.1 Å². The highest BCUT2D eigenvalue weighted by Gasteiger charge is 2.48. The molecular weight excluding hydrogens is 292 g/mol. The van der Waals surface area contributed by atoms with Crippen molar-refractivity contribution < 1.29 is 8.42 Å². The van der Waals surface area contributed by atoms with Gasteiger partial charge in [-0.15, -0.1) is 0 Å². The van der Waals surface area contributed by atoms with Crippen LogP contribution in [0.4, 0.5) is 0 Å². The van der Waals surface area contributed by atoms with Crippen molar-refractivity contribution in [2.75, 3.05) is 0 Å². The molecule has 0 fully saturated rings. The fourth-order valence-corrected chi connectivity index (χ4v) is 5.65. The molecule has 1 heterocycles. The molecule has 0 N–H and O–H groups in total. The van der Waals surface area contributed by atoms with Crippen LogP contribution in [0.1, 0.15) is 18.9 Å². The highest BCUT2D eigenvalue weighted by Crippen LogP contribution is 2.52. The van der Waals surface area contributed by atoms with Crippen molar-refractivity contribution >= 4 is 9.84 Å². The molecule has 0 aromatic heterocycles. The summed E-state index contributed by atoms with van der Waals surface area (Å²) in [6, 6.07) is 15.7. The van der Waals surface area contributed by atoms with Crippen molar-refractivity contribution in [1.29, 1.82) is 0 Å². The Morgan fingerprint density at radius 2 is 1.77 bits per heavy atom. The molecule has 1 aliphatic carbocycles. The Kier molecular flexibility index (Phi) is 2.73. The molecule has 2 aliphatic rings. The second-order valence-corrected chi connectivity index (χ2v) is 7.96. The zero-order valence-electron chi connectivity index (χ0n) is 12.3. The minimum absolute atomic E-state index is 0.419. The average Bonchev–Trinajstić information content (AvgIpc) is 2.72. The Hall–Kier alpha value is -2.13. The van der Waals surface area contributed by atoms with Crippen LogP contribution in [0.25, 0.3) is 11.1 Å². The van der Waals surface area contributed by atoms with E-state index in [0.29, 0.717) is 9.80 Å². The molecular formula is C19H16O2S. The van der Waals surface area contributed by atoms with Crippen LogP contribution in [0, 0.1) is 0 Å². The van der Waals surface area contributed by atoms with E-state index in [2.05, 4.69) is 0 Å². The normalized spacial score (nSPS) is 24.5. The maximum atomic E-state index is 12.9. The van der Waals surface area contributed by atoms with Crippen molar-refractivity contribution in [2.45, 2.75) is 23.7 Å². The quantitative estimate of drug-likeness (QED) is 0.789. The van der Waals surface area contributed by atoms with Crippen molar-refractivity contribution in [1.82, 2.24) is 0 Å². The van der Waals surface area contributed by atoms with Gasteiger partial charge in [-0.25, -0.2) is 8.42 Å². The Labute approximate surface area is 130 Å². The third kappa shape index (κ3) is 1.69. The summed E-state index contributed by atoms with van der Waals surface area (Å²) in [5.41, 5.74) is 2.48. The van der Waals surface area contributed by atoms with Gasteiger partial charge in [-0.05, 0) is 35.3 Å². The third-order valence-electron chi connectivity index (χ3n) is 4.72. The standard InChI is InChI=1S/C19H16O2S/c1-19-12-6-5-9-18(19)22(20,21)17-13-15(10-11-16(17)19)14-7-3-2-4-8-14/h2-11,13H,12H2,1H3. The van der Waals surface area contributed by atoms with E-state index in [1.54, 1.807) is 6.08 Å². The van der Waals surface area contributed by atoms with E-state index in [-0.39, 0.29) is 0 Å². The molecule has 0 bridgehead atoms. The number of rotatable bonds is 1. The number of fused-ring (bicyclic) bond motifs is 3. The Balaban J connectivity index is 1.97. The summed E-state index contributed by atoms with van der Waals surface area (Å²) in [5.74, 6) is 0. The van der Waals surface area contributed by atoms with Crippen LogP contribution < -0.4 is 0 Å². The van der Waals surface area contributed by atoms with Gasteiger partial charge in [0.05, 0.1) is 9.80 Å². The SMILES string of the molecule is CC12CC=CC=C1S(=O)(=O)c1cc(-c3ccccc3)ccc12. The first-order valence-corrected chi connectivity index (χ1v) is 8.84. The average molecular weight is 308 g/mol. The van der Waals surface area contributed by atoms with Crippen LogP contribution in [0.3, 0.4) is 0 Å². The highest BCUT2D eigenvalue weighted by molar-refractivity contribution is 7.95. The lowest BCUT2D eigenvalue weighted by atomic mass is 9.77. The van der Waals surface area contributed by atoms with Gasteiger partial charge < -0.3 is 0 Å². The van der Waals surface area contributed by atoms with E-state index < -0.39 is 15.3 Å². The number of benzene rings is 2. The van der Waals surface area contributed by atoms with E-state index in [4.69, 9.17) is 0 Å². The van der Waals surface area contributed by atoms with Crippen LogP contribution in [0.5, 0.6) is 0 Å². The predicted molar refractivity (Wildman–Crippen MR) is 88.3 cm³/mol. The number of hydrogen-bond acceptors (Lipinski definition) is 2. The summed E-state index contributed by atoms with van der Waals surface area (Å²) in [6.45, 7) is 2.02. The van der Waals surface area contributed by atoms with Crippen LogP contribution in [-0.2, 0) is 15.3 Å². The van der Waals surface area contributed by atoms with E-state index in [1.165, 1.54) is 0 Å². The van der Waals surface area contributed by atoms with Gasteiger partial charge in [0.15, 0.2) is 0 Å². The molecule has 1 atom stereocenters. The van der Waals surface area contributed by atoms with Gasteiger partial charge in [-0.2, -0.15) is 0 Å². The lowest BCUT2D eigenvalue weighted by Crippen LogP contribution is -2.22. The molecule has 0 spiro atoms. The van der Waals surface area contributed by atoms with E-state index >= 15 is 0 Å². The number of allylic oxidation sites excluding steroid dienone is 4. The molecule has 0 amide bonds. The van der Waals surface area contributed by atoms with E-state index in [9.17, 15) is 8.42 Å². The van der Waals surface area contributed by atoms with Gasteiger partial charge in [0, 0.05) is 5.41 Å². The molecule has 2 aromatic rings. The lowest BCUT2D eigenvalue weighted by molar-refractivity contribution is 0.576. The molecule has 3 heteroatoms. The molecule has 22 heavy (non-hydrogen) atoms. The smallest absolute Gasteiger partial charge is 0.203 e. The molecule has 0 radical (unpaired) electrons. The molecule has 0 saturated heterocycles. The Morgan fingerprint density at radius 3 is 2.55 bits per heavy atom. The monoisotopic (exact) mass is 308 g/mol. The fraction of sp³-hybridized carbons (Fsp3) is 0.158. The van der Waals surface area contributed by atoms with Gasteiger partial charge in [0.2, 0.25) is 9.84 Å². The van der Waals surface area contributed by atoms with Gasteiger partial charge in [0.1, 0.15) is 0 Å². The minimum atomic E-state index is -3.39. The summed E-state index contributed by atoms with van der Waals surface area (Å²) in [4.78, 5) is 0.994. The zero-order valence-corrected chi connectivity index (χ0v) is 13.1. The van der Waals surface area contributed by atoms with Gasteiger partial charge in [0.25, 0.3) is 0 Å².